The Bertz CT molecular complexity index is 895. The van der Waals surface area contributed by atoms with E-state index in [4.69, 9.17) is 9.47 Å². The first-order chi connectivity index (χ1) is 14.4. The van der Waals surface area contributed by atoms with E-state index in [0.29, 0.717) is 18.1 Å². The molecule has 0 saturated heterocycles. The third-order valence-electron chi connectivity index (χ3n) is 6.06. The molecule has 1 N–H and O–H groups in total. The van der Waals surface area contributed by atoms with Gasteiger partial charge in [0.25, 0.3) is 0 Å². The molecular formula is C24H32N2O4. The third-order valence-corrected chi connectivity index (χ3v) is 6.06. The van der Waals surface area contributed by atoms with Crippen molar-refractivity contribution in [2.75, 3.05) is 19.0 Å². The Hall–Kier alpha value is -2.76. The standard InChI is InChI=1S/C24H32N2O4/c1-5-30-24(28)22-13-16(2)26(17(22)3)15-18-9-11-19(12-10-18)23(27)25-20-7-6-8-21(14-20)29-4/h6-8,13-14,18-19H,5,9-12,15H2,1-4H3,(H,25,27). The topological polar surface area (TPSA) is 69.6 Å². The number of rotatable bonds is 7. The van der Waals surface area contributed by atoms with Gasteiger partial charge in [-0.05, 0) is 70.6 Å². The second-order valence-electron chi connectivity index (χ2n) is 8.05. The number of nitrogens with zero attached hydrogens (tertiary/aromatic N) is 1. The highest BCUT2D eigenvalue weighted by Gasteiger charge is 2.27. The first-order valence-electron chi connectivity index (χ1n) is 10.7. The van der Waals surface area contributed by atoms with Crippen molar-refractivity contribution in [2.24, 2.45) is 11.8 Å². The van der Waals surface area contributed by atoms with Crippen molar-refractivity contribution in [1.29, 1.82) is 0 Å². The molecule has 0 atom stereocenters. The van der Waals surface area contributed by atoms with E-state index in [1.165, 1.54) is 0 Å². The highest BCUT2D eigenvalue weighted by molar-refractivity contribution is 5.92. The first-order valence-corrected chi connectivity index (χ1v) is 10.7. The van der Waals surface area contributed by atoms with Gasteiger partial charge in [-0.1, -0.05) is 6.07 Å². The molecule has 162 valence electrons. The fourth-order valence-electron chi connectivity index (χ4n) is 4.31. The molecule has 6 heteroatoms. The van der Waals surface area contributed by atoms with Crippen LogP contribution in [-0.4, -0.2) is 30.2 Å². The van der Waals surface area contributed by atoms with Gasteiger partial charge < -0.3 is 19.4 Å². The molecule has 1 heterocycles. The number of benzene rings is 1. The van der Waals surface area contributed by atoms with E-state index in [0.717, 1.165) is 55.1 Å². The van der Waals surface area contributed by atoms with Crippen LogP contribution < -0.4 is 10.1 Å². The van der Waals surface area contributed by atoms with Crippen molar-refractivity contribution < 1.29 is 19.1 Å². The SMILES string of the molecule is CCOC(=O)c1cc(C)n(CC2CCC(C(=O)Nc3cccc(OC)c3)CC2)c1C. The summed E-state index contributed by atoms with van der Waals surface area (Å²) < 4.78 is 12.6. The molecule has 1 aliphatic carbocycles. The first kappa shape index (κ1) is 21.9. The highest BCUT2D eigenvalue weighted by atomic mass is 16.5. The van der Waals surface area contributed by atoms with Crippen molar-refractivity contribution in [3.8, 4) is 5.75 Å². The molecule has 1 fully saturated rings. The van der Waals surface area contributed by atoms with Gasteiger partial charge in [0.15, 0.2) is 0 Å². The van der Waals surface area contributed by atoms with Gasteiger partial charge in [0.2, 0.25) is 5.91 Å². The van der Waals surface area contributed by atoms with Crippen LogP contribution in [0.1, 0.15) is 54.4 Å². The third kappa shape index (κ3) is 5.04. The van der Waals surface area contributed by atoms with E-state index in [1.807, 2.05) is 51.1 Å². The molecule has 1 saturated carbocycles. The molecule has 0 bridgehead atoms. The molecule has 3 rings (SSSR count). The molecule has 0 unspecified atom stereocenters. The van der Waals surface area contributed by atoms with Crippen LogP contribution in [0, 0.1) is 25.7 Å². The van der Waals surface area contributed by atoms with E-state index in [-0.39, 0.29) is 17.8 Å². The summed E-state index contributed by atoms with van der Waals surface area (Å²) in [6, 6.07) is 9.37. The predicted octanol–water partition coefficient (Wildman–Crippen LogP) is 4.74. The van der Waals surface area contributed by atoms with Crippen LogP contribution in [0.25, 0.3) is 0 Å². The normalized spacial score (nSPS) is 18.7. The van der Waals surface area contributed by atoms with Crippen molar-refractivity contribution in [2.45, 2.75) is 53.0 Å². The number of methoxy groups -OCH3 is 1. The molecule has 0 spiro atoms. The zero-order valence-electron chi connectivity index (χ0n) is 18.4. The van der Waals surface area contributed by atoms with Crippen LogP contribution in [0.3, 0.4) is 0 Å². The summed E-state index contributed by atoms with van der Waals surface area (Å²) in [5.41, 5.74) is 3.46. The highest BCUT2D eigenvalue weighted by Crippen LogP contribution is 2.32. The Balaban J connectivity index is 1.56. The van der Waals surface area contributed by atoms with Crippen molar-refractivity contribution >= 4 is 17.6 Å². The van der Waals surface area contributed by atoms with Gasteiger partial charge in [0, 0.05) is 35.6 Å². The van der Waals surface area contributed by atoms with Crippen molar-refractivity contribution in [3.05, 3.63) is 47.3 Å². The van der Waals surface area contributed by atoms with Crippen molar-refractivity contribution in [1.82, 2.24) is 4.57 Å². The van der Waals surface area contributed by atoms with Crippen LogP contribution in [-0.2, 0) is 16.1 Å². The molecular weight excluding hydrogens is 380 g/mol. The van der Waals surface area contributed by atoms with Gasteiger partial charge in [0.1, 0.15) is 5.75 Å². The van der Waals surface area contributed by atoms with E-state index >= 15 is 0 Å². The number of hydrogen-bond donors (Lipinski definition) is 1. The lowest BCUT2D eigenvalue weighted by Gasteiger charge is -2.29. The monoisotopic (exact) mass is 412 g/mol. The van der Waals surface area contributed by atoms with Gasteiger partial charge in [-0.25, -0.2) is 4.79 Å². The van der Waals surface area contributed by atoms with Gasteiger partial charge >= 0.3 is 5.97 Å². The second-order valence-corrected chi connectivity index (χ2v) is 8.05. The Morgan fingerprint density at radius 1 is 1.13 bits per heavy atom. The van der Waals surface area contributed by atoms with Gasteiger partial charge in [-0.3, -0.25) is 4.79 Å². The lowest BCUT2D eigenvalue weighted by Crippen LogP contribution is -2.28. The number of amides is 1. The van der Waals surface area contributed by atoms with Gasteiger partial charge in [0.05, 0.1) is 19.3 Å². The number of carbonyl (C=O) groups excluding carboxylic acids is 2. The zero-order valence-corrected chi connectivity index (χ0v) is 18.4. The lowest BCUT2D eigenvalue weighted by molar-refractivity contribution is -0.121. The summed E-state index contributed by atoms with van der Waals surface area (Å²) >= 11 is 0. The number of nitrogens with one attached hydrogen (secondary N) is 1. The average Bonchev–Trinajstić information content (AvgIpc) is 3.03. The van der Waals surface area contributed by atoms with Gasteiger partial charge in [-0.15, -0.1) is 0 Å². The van der Waals surface area contributed by atoms with E-state index in [2.05, 4.69) is 9.88 Å². The molecule has 1 aromatic heterocycles. The summed E-state index contributed by atoms with van der Waals surface area (Å²) in [5.74, 6) is 1.10. The maximum atomic E-state index is 12.7. The van der Waals surface area contributed by atoms with Crippen LogP contribution in [0.2, 0.25) is 0 Å². The minimum Gasteiger partial charge on any atom is -0.497 e. The summed E-state index contributed by atoms with van der Waals surface area (Å²) in [6.45, 7) is 7.08. The number of ether oxygens (including phenoxy) is 2. The zero-order chi connectivity index (χ0) is 21.7. The molecule has 1 aliphatic rings. The molecule has 1 amide bonds. The number of aryl methyl sites for hydroxylation is 1. The number of carbonyl (C=O) groups is 2. The van der Waals surface area contributed by atoms with E-state index in [1.54, 1.807) is 7.11 Å². The minimum atomic E-state index is -0.255. The Kier molecular flexibility index (Phi) is 7.19. The van der Waals surface area contributed by atoms with Crippen LogP contribution in [0.4, 0.5) is 5.69 Å². The fourth-order valence-corrected chi connectivity index (χ4v) is 4.31. The fraction of sp³-hybridized carbons (Fsp3) is 0.500. The Morgan fingerprint density at radius 2 is 1.87 bits per heavy atom. The summed E-state index contributed by atoms with van der Waals surface area (Å²) in [6.07, 6.45) is 3.76. The van der Waals surface area contributed by atoms with E-state index in [9.17, 15) is 9.59 Å². The molecule has 1 aromatic carbocycles. The maximum Gasteiger partial charge on any atom is 0.339 e. The average molecular weight is 413 g/mol. The largest absolute Gasteiger partial charge is 0.497 e. The van der Waals surface area contributed by atoms with Gasteiger partial charge in [-0.2, -0.15) is 0 Å². The van der Waals surface area contributed by atoms with Crippen LogP contribution >= 0.6 is 0 Å². The number of aromatic nitrogens is 1. The second kappa shape index (κ2) is 9.83. The Morgan fingerprint density at radius 3 is 2.53 bits per heavy atom. The lowest BCUT2D eigenvalue weighted by atomic mass is 9.81. The molecule has 6 nitrogen and oxygen atoms in total. The molecule has 0 radical (unpaired) electrons. The summed E-state index contributed by atoms with van der Waals surface area (Å²) in [7, 11) is 1.62. The minimum absolute atomic E-state index is 0.0365. The molecule has 30 heavy (non-hydrogen) atoms. The van der Waals surface area contributed by atoms with Crippen LogP contribution in [0.15, 0.2) is 30.3 Å². The predicted molar refractivity (Wildman–Crippen MR) is 117 cm³/mol. The van der Waals surface area contributed by atoms with E-state index < -0.39 is 0 Å². The quantitative estimate of drug-likeness (QED) is 0.667. The number of hydrogen-bond acceptors (Lipinski definition) is 4. The molecule has 2 aromatic rings. The smallest absolute Gasteiger partial charge is 0.339 e. The summed E-state index contributed by atoms with van der Waals surface area (Å²) in [5, 5.41) is 3.02. The maximum absolute atomic E-state index is 12.7. The number of esters is 1. The molecule has 0 aliphatic heterocycles. The van der Waals surface area contributed by atoms with Crippen molar-refractivity contribution in [3.63, 3.8) is 0 Å². The Labute approximate surface area is 178 Å². The van der Waals surface area contributed by atoms with Crippen LogP contribution in [0.5, 0.6) is 5.75 Å². The summed E-state index contributed by atoms with van der Waals surface area (Å²) in [4.78, 5) is 24.8. The number of anilines is 1.